The number of nitrogens with one attached hydrogen (secondary N) is 1. The highest BCUT2D eigenvalue weighted by Crippen LogP contribution is 2.24. The third kappa shape index (κ3) is 6.77. The van der Waals surface area contributed by atoms with E-state index in [4.69, 9.17) is 5.73 Å². The Labute approximate surface area is 216 Å². The number of carbonyl (C=O) groups excluding carboxylic acids is 3. The number of hydrogen-bond acceptors (Lipinski definition) is 6. The number of nitrogens with zero attached hydrogens (tertiary/aromatic N) is 2. The molecule has 0 saturated carbocycles. The van der Waals surface area contributed by atoms with Crippen molar-refractivity contribution in [2.24, 2.45) is 11.7 Å². The number of thiazole rings is 1. The molecule has 0 spiro atoms. The number of Topliss-reactive ketones (excluding diaryl/α,β-unsaturated/α-hetero) is 1. The lowest BCUT2D eigenvalue weighted by molar-refractivity contribution is -0.135. The van der Waals surface area contributed by atoms with Gasteiger partial charge in [0, 0.05) is 19.5 Å². The van der Waals surface area contributed by atoms with Gasteiger partial charge in [-0.15, -0.1) is 11.3 Å². The highest BCUT2D eigenvalue weighted by Gasteiger charge is 2.31. The Morgan fingerprint density at radius 3 is 2.64 bits per heavy atom. The number of nitrogens with two attached hydrogens (primary N) is 1. The normalized spacial score (nSPS) is 16.6. The van der Waals surface area contributed by atoms with Crippen molar-refractivity contribution in [2.75, 3.05) is 19.6 Å². The molecule has 4 rings (SSSR count). The molecule has 1 saturated heterocycles. The van der Waals surface area contributed by atoms with Crippen LogP contribution in [0.1, 0.15) is 53.9 Å². The molecule has 3 N–H and O–H groups in total. The Morgan fingerprint density at radius 2 is 1.86 bits per heavy atom. The molecule has 3 aromatic rings. The van der Waals surface area contributed by atoms with Crippen LogP contribution in [-0.2, 0) is 16.0 Å². The minimum atomic E-state index is -0.645. The number of likely N-dealkylation sites (tertiary alicyclic amines) is 1. The maximum atomic E-state index is 13.4. The van der Waals surface area contributed by atoms with Crippen LogP contribution in [0.2, 0.25) is 0 Å². The summed E-state index contributed by atoms with van der Waals surface area (Å²) in [5.74, 6) is -0.572. The Kier molecular flexibility index (Phi) is 9.19. The highest BCUT2D eigenvalue weighted by molar-refractivity contribution is 7.20. The second kappa shape index (κ2) is 12.7. The zero-order valence-corrected chi connectivity index (χ0v) is 21.3. The van der Waals surface area contributed by atoms with Crippen LogP contribution < -0.4 is 11.1 Å². The molecule has 8 heteroatoms. The first-order valence-electron chi connectivity index (χ1n) is 12.8. The van der Waals surface area contributed by atoms with Crippen molar-refractivity contribution >= 4 is 39.2 Å². The van der Waals surface area contributed by atoms with Gasteiger partial charge in [0.15, 0.2) is 5.01 Å². The summed E-state index contributed by atoms with van der Waals surface area (Å²) < 4.78 is 0.949. The molecule has 2 atom stereocenters. The van der Waals surface area contributed by atoms with E-state index in [-0.39, 0.29) is 23.5 Å². The lowest BCUT2D eigenvalue weighted by Crippen LogP contribution is -2.49. The molecule has 190 valence electrons. The van der Waals surface area contributed by atoms with Crippen LogP contribution in [0.25, 0.3) is 10.2 Å². The van der Waals surface area contributed by atoms with Gasteiger partial charge in [0.2, 0.25) is 17.6 Å². The molecule has 36 heavy (non-hydrogen) atoms. The Morgan fingerprint density at radius 1 is 1.08 bits per heavy atom. The highest BCUT2D eigenvalue weighted by atomic mass is 32.1. The summed E-state index contributed by atoms with van der Waals surface area (Å²) in [5.41, 5.74) is 7.57. The molecule has 1 aliphatic heterocycles. The van der Waals surface area contributed by atoms with Gasteiger partial charge in [0.25, 0.3) is 0 Å². The maximum Gasteiger partial charge on any atom is 0.225 e. The molecule has 2 aromatic carbocycles. The fourth-order valence-electron chi connectivity index (χ4n) is 4.65. The molecule has 0 radical (unpaired) electrons. The van der Waals surface area contributed by atoms with E-state index < -0.39 is 6.04 Å². The number of hydrogen-bond donors (Lipinski definition) is 2. The molecule has 0 aliphatic carbocycles. The average Bonchev–Trinajstić information content (AvgIpc) is 3.36. The van der Waals surface area contributed by atoms with Gasteiger partial charge in [-0.1, -0.05) is 42.5 Å². The molecular weight excluding hydrogens is 472 g/mol. The number of fused-ring (bicyclic) bond motifs is 1. The second-order valence-electron chi connectivity index (χ2n) is 9.36. The van der Waals surface area contributed by atoms with Gasteiger partial charge in [-0.25, -0.2) is 4.98 Å². The summed E-state index contributed by atoms with van der Waals surface area (Å²) in [6, 6.07) is 16.9. The number of aryl methyl sites for hydroxylation is 1. The second-order valence-corrected chi connectivity index (χ2v) is 10.4. The first kappa shape index (κ1) is 26.0. The monoisotopic (exact) mass is 506 g/mol. The van der Waals surface area contributed by atoms with Crippen molar-refractivity contribution in [1.82, 2.24) is 15.2 Å². The van der Waals surface area contributed by atoms with Gasteiger partial charge >= 0.3 is 0 Å². The summed E-state index contributed by atoms with van der Waals surface area (Å²) in [5, 5.41) is 3.42. The molecule has 1 fully saturated rings. The van der Waals surface area contributed by atoms with Crippen LogP contribution >= 0.6 is 11.3 Å². The molecule has 1 aromatic heterocycles. The minimum Gasteiger partial charge on any atom is -0.346 e. The van der Waals surface area contributed by atoms with Crippen molar-refractivity contribution in [3.05, 3.63) is 65.2 Å². The summed E-state index contributed by atoms with van der Waals surface area (Å²) in [6.07, 6.45) is 4.64. The Balaban J connectivity index is 1.38. The molecule has 2 amide bonds. The van der Waals surface area contributed by atoms with Crippen molar-refractivity contribution in [1.29, 1.82) is 0 Å². The molecular formula is C28H34N4O3S. The predicted molar refractivity (Wildman–Crippen MR) is 143 cm³/mol. The number of para-hydroxylation sites is 1. The lowest BCUT2D eigenvalue weighted by atomic mass is 9.95. The first-order valence-corrected chi connectivity index (χ1v) is 13.6. The van der Waals surface area contributed by atoms with Gasteiger partial charge in [-0.2, -0.15) is 0 Å². The van der Waals surface area contributed by atoms with Crippen molar-refractivity contribution in [3.63, 3.8) is 0 Å². The van der Waals surface area contributed by atoms with E-state index in [0.717, 1.165) is 35.0 Å². The Hall–Kier alpha value is -3.10. The zero-order valence-electron chi connectivity index (χ0n) is 20.5. The molecule has 7 nitrogen and oxygen atoms in total. The fourth-order valence-corrected chi connectivity index (χ4v) is 5.61. The van der Waals surface area contributed by atoms with Crippen LogP contribution in [-0.4, -0.2) is 53.2 Å². The van der Waals surface area contributed by atoms with Gasteiger partial charge in [0.1, 0.15) is 0 Å². The van der Waals surface area contributed by atoms with Crippen LogP contribution in [0.15, 0.2) is 54.6 Å². The van der Waals surface area contributed by atoms with Gasteiger partial charge in [-0.05, 0) is 62.8 Å². The molecule has 0 bridgehead atoms. The summed E-state index contributed by atoms with van der Waals surface area (Å²) in [7, 11) is 0. The summed E-state index contributed by atoms with van der Waals surface area (Å²) in [6.45, 7) is 1.60. The number of carbonyl (C=O) groups is 3. The molecule has 2 heterocycles. The third-order valence-electron chi connectivity index (χ3n) is 6.70. The van der Waals surface area contributed by atoms with E-state index in [1.54, 1.807) is 4.90 Å². The van der Waals surface area contributed by atoms with Gasteiger partial charge < -0.3 is 16.0 Å². The maximum absolute atomic E-state index is 13.4. The van der Waals surface area contributed by atoms with E-state index in [0.29, 0.717) is 50.3 Å². The van der Waals surface area contributed by atoms with E-state index in [2.05, 4.69) is 10.3 Å². The first-order chi connectivity index (χ1) is 17.5. The lowest BCUT2D eigenvalue weighted by Gasteiger charge is -2.33. The van der Waals surface area contributed by atoms with E-state index in [1.807, 2.05) is 54.6 Å². The van der Waals surface area contributed by atoms with Crippen LogP contribution in [0.4, 0.5) is 0 Å². The van der Waals surface area contributed by atoms with Gasteiger partial charge in [0.05, 0.1) is 22.2 Å². The van der Waals surface area contributed by atoms with Crippen molar-refractivity contribution < 1.29 is 14.4 Å². The van der Waals surface area contributed by atoms with E-state index in [9.17, 15) is 14.4 Å². The largest absolute Gasteiger partial charge is 0.346 e. The number of benzene rings is 2. The number of piperidine rings is 1. The molecule has 1 aliphatic rings. The fraction of sp³-hybridized carbons (Fsp3) is 0.429. The number of unbranched alkanes of at least 4 members (excludes halogenated alkanes) is 1. The number of amides is 2. The zero-order chi connectivity index (χ0) is 25.3. The topological polar surface area (TPSA) is 105 Å². The number of aromatic nitrogens is 1. The third-order valence-corrected chi connectivity index (χ3v) is 7.75. The predicted octanol–water partition coefficient (Wildman–Crippen LogP) is 3.96. The number of ketones is 1. The number of rotatable bonds is 11. The van der Waals surface area contributed by atoms with Crippen molar-refractivity contribution in [2.45, 2.75) is 51.0 Å². The summed E-state index contributed by atoms with van der Waals surface area (Å²) in [4.78, 5) is 45.7. The van der Waals surface area contributed by atoms with E-state index >= 15 is 0 Å². The minimum absolute atomic E-state index is 0.0707. The van der Waals surface area contributed by atoms with Crippen molar-refractivity contribution in [3.8, 4) is 0 Å². The smallest absolute Gasteiger partial charge is 0.225 e. The Bertz CT molecular complexity index is 1150. The van der Waals surface area contributed by atoms with Crippen LogP contribution in [0, 0.1) is 5.92 Å². The van der Waals surface area contributed by atoms with Crippen LogP contribution in [0.5, 0.6) is 0 Å². The standard InChI is InChI=1S/C28H34N4O3S/c29-17-7-6-13-23(26(34)28-31-22-12-4-5-14-24(22)36-28)30-27(35)21-11-8-18-32(19-21)25(33)16-15-20-9-2-1-3-10-20/h1-5,9-10,12,14,21,23H,6-8,11,13,15-19,29H2,(H,30,35)/t21?,23-/m1/s1. The van der Waals surface area contributed by atoms with Crippen LogP contribution in [0.3, 0.4) is 0 Å². The SMILES string of the molecule is NCCCC[C@@H](NC(=O)C1CCCN(C(=O)CCc2ccccc2)C1)C(=O)c1nc2ccccc2s1. The molecule has 1 unspecified atom stereocenters. The quantitative estimate of drug-likeness (QED) is 0.302. The van der Waals surface area contributed by atoms with E-state index in [1.165, 1.54) is 11.3 Å². The van der Waals surface area contributed by atoms with Gasteiger partial charge in [-0.3, -0.25) is 14.4 Å². The average molecular weight is 507 g/mol. The summed E-state index contributed by atoms with van der Waals surface area (Å²) >= 11 is 1.35.